The predicted octanol–water partition coefficient (Wildman–Crippen LogP) is 2.18. The molecule has 0 aromatic heterocycles. The van der Waals surface area contributed by atoms with Crippen molar-refractivity contribution in [1.29, 1.82) is 0 Å². The van der Waals surface area contributed by atoms with Crippen LogP contribution in [0.15, 0.2) is 24.3 Å². The smallest absolute Gasteiger partial charge is 0.248 e. The SMILES string of the molecule is CN(C)C(=O)COC1CCOC2(C1)CN(Cc1ccc(Cl)cc1)C2. The van der Waals surface area contributed by atoms with Crippen LogP contribution in [0.5, 0.6) is 0 Å². The van der Waals surface area contributed by atoms with E-state index in [4.69, 9.17) is 21.1 Å². The van der Waals surface area contributed by atoms with Crippen LogP contribution >= 0.6 is 11.6 Å². The zero-order valence-corrected chi connectivity index (χ0v) is 15.1. The van der Waals surface area contributed by atoms with Gasteiger partial charge in [-0.25, -0.2) is 0 Å². The largest absolute Gasteiger partial charge is 0.372 e. The van der Waals surface area contributed by atoms with E-state index in [0.29, 0.717) is 6.61 Å². The molecular formula is C18H25ClN2O3. The standard InChI is InChI=1S/C18H25ClN2O3/c1-20(2)17(22)11-23-16-7-8-24-18(9-16)12-21(13-18)10-14-3-5-15(19)6-4-14/h3-6,16H,7-13H2,1-2H3. The molecule has 5 nitrogen and oxygen atoms in total. The number of benzene rings is 1. The molecule has 1 spiro atoms. The van der Waals surface area contributed by atoms with Gasteiger partial charge in [-0.2, -0.15) is 0 Å². The number of halogens is 1. The minimum absolute atomic E-state index is 0.00789. The van der Waals surface area contributed by atoms with Crippen molar-refractivity contribution in [2.45, 2.75) is 31.1 Å². The Morgan fingerprint density at radius 1 is 1.38 bits per heavy atom. The van der Waals surface area contributed by atoms with E-state index in [1.807, 2.05) is 12.1 Å². The Bertz CT molecular complexity index is 570. The summed E-state index contributed by atoms with van der Waals surface area (Å²) < 4.78 is 11.8. The maximum absolute atomic E-state index is 11.7. The first-order valence-electron chi connectivity index (χ1n) is 8.38. The van der Waals surface area contributed by atoms with Crippen molar-refractivity contribution in [3.8, 4) is 0 Å². The van der Waals surface area contributed by atoms with Crippen molar-refractivity contribution >= 4 is 17.5 Å². The number of amides is 1. The summed E-state index contributed by atoms with van der Waals surface area (Å²) >= 11 is 5.93. The van der Waals surface area contributed by atoms with Crippen LogP contribution in [0.2, 0.25) is 5.02 Å². The van der Waals surface area contributed by atoms with Gasteiger partial charge in [0.15, 0.2) is 0 Å². The normalized spacial score (nSPS) is 23.0. The second-order valence-corrected chi connectivity index (χ2v) is 7.45. The van der Waals surface area contributed by atoms with Crippen LogP contribution in [-0.4, -0.2) is 67.8 Å². The summed E-state index contributed by atoms with van der Waals surface area (Å²) in [7, 11) is 3.50. The number of carbonyl (C=O) groups excluding carboxylic acids is 1. The van der Waals surface area contributed by atoms with E-state index in [1.54, 1.807) is 19.0 Å². The highest BCUT2D eigenvalue weighted by atomic mass is 35.5. The van der Waals surface area contributed by atoms with Gasteiger partial charge in [0, 0.05) is 51.8 Å². The van der Waals surface area contributed by atoms with Crippen molar-refractivity contribution in [2.75, 3.05) is 40.4 Å². The molecule has 24 heavy (non-hydrogen) atoms. The first kappa shape index (κ1) is 17.7. The van der Waals surface area contributed by atoms with Crippen molar-refractivity contribution in [3.05, 3.63) is 34.9 Å². The van der Waals surface area contributed by atoms with Crippen LogP contribution in [-0.2, 0) is 20.8 Å². The van der Waals surface area contributed by atoms with E-state index in [9.17, 15) is 4.79 Å². The van der Waals surface area contributed by atoms with Gasteiger partial charge in [0.25, 0.3) is 0 Å². The second-order valence-electron chi connectivity index (χ2n) is 7.02. The maximum Gasteiger partial charge on any atom is 0.248 e. The van der Waals surface area contributed by atoms with Crippen LogP contribution in [0.3, 0.4) is 0 Å². The Hall–Kier alpha value is -1.14. The van der Waals surface area contributed by atoms with Gasteiger partial charge in [-0.15, -0.1) is 0 Å². The van der Waals surface area contributed by atoms with Crippen LogP contribution in [0.25, 0.3) is 0 Å². The van der Waals surface area contributed by atoms with Crippen molar-refractivity contribution in [1.82, 2.24) is 9.80 Å². The molecule has 2 aliphatic rings. The highest BCUT2D eigenvalue weighted by Crippen LogP contribution is 2.36. The molecule has 2 fully saturated rings. The zero-order valence-electron chi connectivity index (χ0n) is 14.3. The van der Waals surface area contributed by atoms with Crippen LogP contribution in [0.1, 0.15) is 18.4 Å². The van der Waals surface area contributed by atoms with E-state index in [0.717, 1.165) is 37.5 Å². The lowest BCUT2D eigenvalue weighted by Gasteiger charge is -2.53. The molecule has 1 unspecified atom stereocenters. The molecule has 0 saturated carbocycles. The first-order chi connectivity index (χ1) is 11.5. The summed E-state index contributed by atoms with van der Waals surface area (Å²) in [4.78, 5) is 15.6. The Morgan fingerprint density at radius 3 is 2.75 bits per heavy atom. The van der Waals surface area contributed by atoms with E-state index in [2.05, 4.69) is 17.0 Å². The topological polar surface area (TPSA) is 42.0 Å². The number of likely N-dealkylation sites (N-methyl/N-ethyl adjacent to an activating group) is 1. The fourth-order valence-electron chi connectivity index (χ4n) is 3.39. The highest BCUT2D eigenvalue weighted by molar-refractivity contribution is 6.30. The maximum atomic E-state index is 11.7. The quantitative estimate of drug-likeness (QED) is 0.814. The van der Waals surface area contributed by atoms with Crippen LogP contribution < -0.4 is 0 Å². The average Bonchev–Trinajstić information content (AvgIpc) is 2.53. The molecule has 1 amide bonds. The molecule has 1 aromatic carbocycles. The van der Waals surface area contributed by atoms with Crippen molar-refractivity contribution < 1.29 is 14.3 Å². The Labute approximate surface area is 148 Å². The lowest BCUT2D eigenvalue weighted by molar-refractivity contribution is -0.200. The summed E-state index contributed by atoms with van der Waals surface area (Å²) in [5.74, 6) is 0.00789. The Balaban J connectivity index is 1.46. The molecule has 2 heterocycles. The average molecular weight is 353 g/mol. The van der Waals surface area contributed by atoms with Gasteiger partial charge in [-0.05, 0) is 24.1 Å². The minimum atomic E-state index is -0.101. The van der Waals surface area contributed by atoms with E-state index in [1.165, 1.54) is 5.56 Å². The predicted molar refractivity (Wildman–Crippen MR) is 93.1 cm³/mol. The summed E-state index contributed by atoms with van der Waals surface area (Å²) in [5.41, 5.74) is 1.16. The van der Waals surface area contributed by atoms with Gasteiger partial charge in [0.05, 0.1) is 11.7 Å². The number of likely N-dealkylation sites (tertiary alicyclic amines) is 1. The van der Waals surface area contributed by atoms with Crippen LogP contribution in [0, 0.1) is 0 Å². The number of nitrogens with zero attached hydrogens (tertiary/aromatic N) is 2. The second kappa shape index (κ2) is 7.40. The molecule has 0 N–H and O–H groups in total. The monoisotopic (exact) mass is 352 g/mol. The molecule has 6 heteroatoms. The van der Waals surface area contributed by atoms with E-state index >= 15 is 0 Å². The molecule has 1 aromatic rings. The minimum Gasteiger partial charge on any atom is -0.372 e. The molecular weight excluding hydrogens is 328 g/mol. The van der Waals surface area contributed by atoms with Gasteiger partial charge in [0.1, 0.15) is 6.61 Å². The number of ether oxygens (including phenoxy) is 2. The molecule has 0 aliphatic carbocycles. The number of carbonyl (C=O) groups is 1. The first-order valence-corrected chi connectivity index (χ1v) is 8.76. The summed E-state index contributed by atoms with van der Waals surface area (Å²) in [6, 6.07) is 7.98. The molecule has 0 bridgehead atoms. The lowest BCUT2D eigenvalue weighted by Crippen LogP contribution is -2.65. The van der Waals surface area contributed by atoms with Crippen molar-refractivity contribution in [3.63, 3.8) is 0 Å². The third-order valence-corrected chi connectivity index (χ3v) is 4.98. The molecule has 1 atom stereocenters. The fourth-order valence-corrected chi connectivity index (χ4v) is 3.52. The summed E-state index contributed by atoms with van der Waals surface area (Å²) in [5, 5.41) is 0.765. The zero-order chi connectivity index (χ0) is 17.2. The lowest BCUT2D eigenvalue weighted by atomic mass is 9.84. The van der Waals surface area contributed by atoms with Crippen LogP contribution in [0.4, 0.5) is 0 Å². The summed E-state index contributed by atoms with van der Waals surface area (Å²) in [6.07, 6.45) is 1.84. The van der Waals surface area contributed by atoms with Gasteiger partial charge in [-0.1, -0.05) is 23.7 Å². The Morgan fingerprint density at radius 2 is 2.08 bits per heavy atom. The highest BCUT2D eigenvalue weighted by Gasteiger charge is 2.47. The van der Waals surface area contributed by atoms with Gasteiger partial charge >= 0.3 is 0 Å². The third kappa shape index (κ3) is 4.28. The van der Waals surface area contributed by atoms with E-state index in [-0.39, 0.29) is 24.2 Å². The molecule has 132 valence electrons. The fraction of sp³-hybridized carbons (Fsp3) is 0.611. The molecule has 2 aliphatic heterocycles. The molecule has 3 rings (SSSR count). The van der Waals surface area contributed by atoms with Gasteiger partial charge in [-0.3, -0.25) is 9.69 Å². The molecule has 2 saturated heterocycles. The van der Waals surface area contributed by atoms with Gasteiger partial charge < -0.3 is 14.4 Å². The molecule has 0 radical (unpaired) electrons. The number of hydrogen-bond acceptors (Lipinski definition) is 4. The van der Waals surface area contributed by atoms with Gasteiger partial charge in [0.2, 0.25) is 5.91 Å². The van der Waals surface area contributed by atoms with Crippen molar-refractivity contribution in [2.24, 2.45) is 0 Å². The number of hydrogen-bond donors (Lipinski definition) is 0. The Kier molecular flexibility index (Phi) is 5.45. The number of rotatable bonds is 5. The summed E-state index contributed by atoms with van der Waals surface area (Å²) in [6.45, 7) is 3.60. The van der Waals surface area contributed by atoms with E-state index < -0.39 is 0 Å². The third-order valence-electron chi connectivity index (χ3n) is 4.73.